The van der Waals surface area contributed by atoms with Gasteiger partial charge in [-0.15, -0.1) is 16.8 Å². The molecule has 4 rings (SSSR count). The quantitative estimate of drug-likeness (QED) is 0.455. The highest BCUT2D eigenvalue weighted by Crippen LogP contribution is 2.39. The number of thioether (sulfide) groups is 1. The third-order valence-corrected chi connectivity index (χ3v) is 5.30. The van der Waals surface area contributed by atoms with Crippen LogP contribution < -0.4 is 14.8 Å². The number of nitrogens with one attached hydrogen (secondary N) is 1. The highest BCUT2D eigenvalue weighted by molar-refractivity contribution is 7.99. The van der Waals surface area contributed by atoms with Crippen LogP contribution in [0.3, 0.4) is 0 Å². The van der Waals surface area contributed by atoms with Gasteiger partial charge in [-0.05, 0) is 43.7 Å². The number of hydrogen-bond acceptors (Lipinski definition) is 7. The van der Waals surface area contributed by atoms with Crippen molar-refractivity contribution >= 4 is 17.4 Å². The Kier molecular flexibility index (Phi) is 5.67. The Morgan fingerprint density at radius 2 is 2.10 bits per heavy atom. The number of aromatic nitrogens is 3. The smallest absolute Gasteiger partial charge is 0.247 e. The van der Waals surface area contributed by atoms with Gasteiger partial charge in [0.25, 0.3) is 0 Å². The fraction of sp³-hybridized carbons (Fsp3) is 0.227. The van der Waals surface area contributed by atoms with Crippen LogP contribution in [-0.2, 0) is 0 Å². The van der Waals surface area contributed by atoms with Crippen LogP contribution in [-0.4, -0.2) is 27.5 Å². The monoisotopic (exact) mass is 406 g/mol. The summed E-state index contributed by atoms with van der Waals surface area (Å²) in [6.07, 6.45) is 1.39. The van der Waals surface area contributed by atoms with Gasteiger partial charge >= 0.3 is 0 Å². The summed E-state index contributed by atoms with van der Waals surface area (Å²) in [5.41, 5.74) is 4.49. The molecule has 3 aromatic rings. The first-order valence-corrected chi connectivity index (χ1v) is 10.4. The number of ether oxygens (including phenoxy) is 2. The Morgan fingerprint density at radius 1 is 1.24 bits per heavy atom. The molecule has 0 fully saturated rings. The summed E-state index contributed by atoms with van der Waals surface area (Å²) in [5, 5.41) is 12.7. The number of benzene rings is 2. The maximum absolute atomic E-state index is 6.30. The number of nitrogens with zero attached hydrogens (tertiary/aromatic N) is 3. The highest BCUT2D eigenvalue weighted by Gasteiger charge is 2.26. The molecule has 0 saturated carbocycles. The summed E-state index contributed by atoms with van der Waals surface area (Å²) in [5.74, 6) is 2.04. The summed E-state index contributed by atoms with van der Waals surface area (Å²) in [6, 6.07) is 14.0. The molecule has 0 spiro atoms. The van der Waals surface area contributed by atoms with Crippen molar-refractivity contribution in [1.29, 1.82) is 0 Å². The van der Waals surface area contributed by atoms with Gasteiger partial charge in [-0.1, -0.05) is 36.0 Å². The number of fused-ring (bicyclic) bond motifs is 3. The van der Waals surface area contributed by atoms with Gasteiger partial charge in [0.15, 0.2) is 11.9 Å². The standard InChI is InChI=1S/C22H22N4O2S/c1-4-12-29-22-24-21-19(25-26-22)16-8-6-7-9-17(16)23-20(28-21)15-10-11-18(27-5-2)14(3)13-15/h4,6-11,13,20,23H,1,5,12H2,2-3H3. The highest BCUT2D eigenvalue weighted by atomic mass is 32.2. The molecule has 2 heterocycles. The molecule has 148 valence electrons. The molecule has 1 atom stereocenters. The average molecular weight is 407 g/mol. The predicted molar refractivity (Wildman–Crippen MR) is 116 cm³/mol. The van der Waals surface area contributed by atoms with Crippen LogP contribution in [0.25, 0.3) is 11.3 Å². The molecular weight excluding hydrogens is 384 g/mol. The van der Waals surface area contributed by atoms with Crippen LogP contribution in [0, 0.1) is 6.92 Å². The van der Waals surface area contributed by atoms with Gasteiger partial charge in [0.2, 0.25) is 11.0 Å². The molecule has 1 aliphatic rings. The summed E-state index contributed by atoms with van der Waals surface area (Å²) < 4.78 is 12.0. The Hall–Kier alpha value is -3.06. The topological polar surface area (TPSA) is 69.2 Å². The van der Waals surface area contributed by atoms with Crippen molar-refractivity contribution in [3.05, 3.63) is 66.2 Å². The van der Waals surface area contributed by atoms with Crippen LogP contribution in [0.15, 0.2) is 60.3 Å². The van der Waals surface area contributed by atoms with Gasteiger partial charge in [-0.2, -0.15) is 4.98 Å². The van der Waals surface area contributed by atoms with E-state index in [1.807, 2.05) is 56.3 Å². The lowest BCUT2D eigenvalue weighted by molar-refractivity contribution is 0.225. The molecule has 1 aromatic heterocycles. The van der Waals surface area contributed by atoms with Gasteiger partial charge in [-0.25, -0.2) is 0 Å². The van der Waals surface area contributed by atoms with Gasteiger partial charge in [-0.3, -0.25) is 0 Å². The third-order valence-electron chi connectivity index (χ3n) is 4.47. The van der Waals surface area contributed by atoms with E-state index in [1.54, 1.807) is 0 Å². The molecule has 0 radical (unpaired) electrons. The van der Waals surface area contributed by atoms with E-state index in [0.717, 1.165) is 28.1 Å². The number of rotatable bonds is 6. The molecule has 1 aliphatic heterocycles. The van der Waals surface area contributed by atoms with Crippen molar-refractivity contribution in [3.63, 3.8) is 0 Å². The lowest BCUT2D eigenvalue weighted by Crippen LogP contribution is -2.17. The second-order valence-electron chi connectivity index (χ2n) is 6.49. The fourth-order valence-corrected chi connectivity index (χ4v) is 3.66. The first-order chi connectivity index (χ1) is 14.2. The first-order valence-electron chi connectivity index (χ1n) is 9.44. The van der Waals surface area contributed by atoms with Crippen molar-refractivity contribution < 1.29 is 9.47 Å². The number of hydrogen-bond donors (Lipinski definition) is 1. The average Bonchev–Trinajstić information content (AvgIpc) is 2.90. The van der Waals surface area contributed by atoms with E-state index in [-0.39, 0.29) is 0 Å². The van der Waals surface area contributed by atoms with Crippen LogP contribution in [0.2, 0.25) is 0 Å². The van der Waals surface area contributed by atoms with E-state index in [1.165, 1.54) is 11.8 Å². The van der Waals surface area contributed by atoms with Crippen molar-refractivity contribution in [1.82, 2.24) is 15.2 Å². The SMILES string of the molecule is C=CCSc1nnc2c(n1)OC(c1ccc(OCC)c(C)c1)Nc1ccccc1-2. The van der Waals surface area contributed by atoms with Crippen LogP contribution in [0.1, 0.15) is 24.3 Å². The van der Waals surface area contributed by atoms with Crippen LogP contribution >= 0.6 is 11.8 Å². The number of para-hydroxylation sites is 1. The van der Waals surface area contributed by atoms with Crippen molar-refractivity contribution in [2.45, 2.75) is 25.2 Å². The van der Waals surface area contributed by atoms with Gasteiger partial charge in [0, 0.05) is 22.6 Å². The summed E-state index contributed by atoms with van der Waals surface area (Å²) >= 11 is 1.47. The summed E-state index contributed by atoms with van der Waals surface area (Å²) in [4.78, 5) is 4.61. The summed E-state index contributed by atoms with van der Waals surface area (Å²) in [6.45, 7) is 8.38. The first kappa shape index (κ1) is 19.3. The minimum atomic E-state index is -0.416. The molecule has 1 N–H and O–H groups in total. The predicted octanol–water partition coefficient (Wildman–Crippen LogP) is 5.03. The van der Waals surface area contributed by atoms with E-state index in [9.17, 15) is 0 Å². The van der Waals surface area contributed by atoms with E-state index < -0.39 is 6.23 Å². The maximum atomic E-state index is 6.30. The zero-order valence-electron chi connectivity index (χ0n) is 16.4. The summed E-state index contributed by atoms with van der Waals surface area (Å²) in [7, 11) is 0. The Morgan fingerprint density at radius 3 is 2.90 bits per heavy atom. The van der Waals surface area contributed by atoms with Gasteiger partial charge in [0.05, 0.1) is 6.61 Å². The van der Waals surface area contributed by atoms with E-state index in [2.05, 4.69) is 33.1 Å². The van der Waals surface area contributed by atoms with Crippen LogP contribution in [0.4, 0.5) is 5.69 Å². The Labute approximate surface area is 174 Å². The lowest BCUT2D eigenvalue weighted by atomic mass is 10.1. The van der Waals surface area contributed by atoms with E-state index >= 15 is 0 Å². The second kappa shape index (κ2) is 8.53. The van der Waals surface area contributed by atoms with Crippen molar-refractivity contribution in [3.8, 4) is 22.9 Å². The normalized spacial score (nSPS) is 14.6. The molecule has 0 saturated heterocycles. The molecule has 6 nitrogen and oxygen atoms in total. The molecule has 0 bridgehead atoms. The Bertz CT molecular complexity index is 1040. The molecule has 0 aliphatic carbocycles. The van der Waals surface area contributed by atoms with Crippen molar-refractivity contribution in [2.24, 2.45) is 0 Å². The minimum absolute atomic E-state index is 0.416. The second-order valence-corrected chi connectivity index (χ2v) is 7.48. The zero-order chi connectivity index (χ0) is 20.2. The molecule has 29 heavy (non-hydrogen) atoms. The Balaban J connectivity index is 1.75. The number of anilines is 1. The lowest BCUT2D eigenvalue weighted by Gasteiger charge is -2.20. The van der Waals surface area contributed by atoms with E-state index in [0.29, 0.717) is 29.1 Å². The molecule has 0 amide bonds. The fourth-order valence-electron chi connectivity index (χ4n) is 3.15. The van der Waals surface area contributed by atoms with Gasteiger partial charge < -0.3 is 14.8 Å². The van der Waals surface area contributed by atoms with Crippen molar-refractivity contribution in [2.75, 3.05) is 17.7 Å². The largest absolute Gasteiger partial charge is 0.494 e. The minimum Gasteiger partial charge on any atom is -0.494 e. The molecule has 7 heteroatoms. The zero-order valence-corrected chi connectivity index (χ0v) is 17.2. The molecule has 1 unspecified atom stereocenters. The molecule has 2 aromatic carbocycles. The number of aryl methyl sites for hydroxylation is 1. The van der Waals surface area contributed by atoms with Gasteiger partial charge in [0.1, 0.15) is 5.75 Å². The molecular formula is C22H22N4O2S. The van der Waals surface area contributed by atoms with Crippen LogP contribution in [0.5, 0.6) is 11.6 Å². The van der Waals surface area contributed by atoms with E-state index in [4.69, 9.17) is 9.47 Å². The maximum Gasteiger partial charge on any atom is 0.247 e. The third kappa shape index (κ3) is 4.05.